The van der Waals surface area contributed by atoms with E-state index >= 15 is 0 Å². The summed E-state index contributed by atoms with van der Waals surface area (Å²) in [5, 5.41) is 0. The number of rotatable bonds is 0. The molecule has 1 aliphatic rings. The number of Topliss-reactive ketones (excluding diaryl/α,β-unsaturated/α-hetero) is 1. The fourth-order valence-corrected chi connectivity index (χ4v) is 1.80. The predicted molar refractivity (Wildman–Crippen MR) is 45.5 cm³/mol. The maximum atomic E-state index is 11.2. The van der Waals surface area contributed by atoms with E-state index in [1.165, 1.54) is 0 Å². The highest BCUT2D eigenvalue weighted by Crippen LogP contribution is 2.24. The molecule has 0 aromatic rings. The molecular weight excluding hydrogens is 138 g/mol. The molecule has 0 unspecified atom stereocenters. The molecule has 0 spiro atoms. The van der Waals surface area contributed by atoms with E-state index in [1.54, 1.807) is 0 Å². The van der Waals surface area contributed by atoms with Crippen molar-refractivity contribution in [3.8, 4) is 0 Å². The fourth-order valence-electron chi connectivity index (χ4n) is 1.80. The lowest BCUT2D eigenvalue weighted by Gasteiger charge is -2.25. The Hall–Kier alpha value is -0.370. The van der Waals surface area contributed by atoms with E-state index in [2.05, 4.69) is 25.8 Å². The van der Waals surface area contributed by atoms with Crippen LogP contribution in [0.5, 0.6) is 0 Å². The Labute approximate surface area is 68.6 Å². The predicted octanol–water partition coefficient (Wildman–Crippen LogP) is 1.31. The van der Waals surface area contributed by atoms with Crippen LogP contribution in [0.2, 0.25) is 0 Å². The third kappa shape index (κ3) is 2.62. The van der Waals surface area contributed by atoms with Crippen LogP contribution < -0.4 is 0 Å². The Morgan fingerprint density at radius 1 is 1.45 bits per heavy atom. The minimum absolute atomic E-state index is 0.183. The van der Waals surface area contributed by atoms with Gasteiger partial charge in [0.05, 0.1) is 0 Å². The SMILES string of the molecule is CN1CCC(=O)CC(C)(C)C1. The highest BCUT2D eigenvalue weighted by molar-refractivity contribution is 5.79. The fraction of sp³-hybridized carbons (Fsp3) is 0.889. The first kappa shape index (κ1) is 8.72. The van der Waals surface area contributed by atoms with Gasteiger partial charge in [-0.1, -0.05) is 13.8 Å². The first-order valence-electron chi connectivity index (χ1n) is 4.20. The second-order valence-electron chi connectivity index (χ2n) is 4.37. The van der Waals surface area contributed by atoms with Crippen molar-refractivity contribution in [1.29, 1.82) is 0 Å². The van der Waals surface area contributed by atoms with Gasteiger partial charge in [0.25, 0.3) is 0 Å². The lowest BCUT2D eigenvalue weighted by molar-refractivity contribution is -0.120. The minimum Gasteiger partial charge on any atom is -0.305 e. The van der Waals surface area contributed by atoms with E-state index in [1.807, 2.05) is 0 Å². The summed E-state index contributed by atoms with van der Waals surface area (Å²) in [6.45, 7) is 6.29. The lowest BCUT2D eigenvalue weighted by atomic mass is 9.88. The number of carbonyl (C=O) groups excluding carboxylic acids is 1. The molecule has 0 aromatic heterocycles. The van der Waals surface area contributed by atoms with E-state index < -0.39 is 0 Å². The van der Waals surface area contributed by atoms with Gasteiger partial charge in [-0.25, -0.2) is 0 Å². The number of hydrogen-bond donors (Lipinski definition) is 0. The smallest absolute Gasteiger partial charge is 0.134 e. The van der Waals surface area contributed by atoms with Crippen molar-refractivity contribution >= 4 is 5.78 Å². The molecule has 2 heteroatoms. The third-order valence-electron chi connectivity index (χ3n) is 2.15. The molecule has 1 rings (SSSR count). The number of nitrogens with zero attached hydrogens (tertiary/aromatic N) is 1. The Morgan fingerprint density at radius 3 is 2.73 bits per heavy atom. The van der Waals surface area contributed by atoms with Gasteiger partial charge in [-0.3, -0.25) is 4.79 Å². The summed E-state index contributed by atoms with van der Waals surface area (Å²) in [6, 6.07) is 0. The summed E-state index contributed by atoms with van der Waals surface area (Å²) in [4.78, 5) is 13.5. The summed E-state index contributed by atoms with van der Waals surface area (Å²) in [5.74, 6) is 0.416. The zero-order valence-electron chi connectivity index (χ0n) is 7.68. The Kier molecular flexibility index (Phi) is 2.33. The maximum Gasteiger partial charge on any atom is 0.134 e. The second kappa shape index (κ2) is 2.94. The van der Waals surface area contributed by atoms with Crippen LogP contribution in [-0.2, 0) is 4.79 Å². The van der Waals surface area contributed by atoms with E-state index in [0.29, 0.717) is 5.78 Å². The van der Waals surface area contributed by atoms with Gasteiger partial charge in [0.15, 0.2) is 0 Å². The summed E-state index contributed by atoms with van der Waals surface area (Å²) in [7, 11) is 2.08. The molecule has 11 heavy (non-hydrogen) atoms. The van der Waals surface area contributed by atoms with Crippen molar-refractivity contribution < 1.29 is 4.79 Å². The molecule has 1 aliphatic heterocycles. The van der Waals surface area contributed by atoms with Crippen molar-refractivity contribution in [2.24, 2.45) is 5.41 Å². The largest absolute Gasteiger partial charge is 0.305 e. The van der Waals surface area contributed by atoms with Gasteiger partial charge in [0.2, 0.25) is 0 Å². The van der Waals surface area contributed by atoms with Crippen LogP contribution in [0.1, 0.15) is 26.7 Å². The van der Waals surface area contributed by atoms with Crippen LogP contribution in [0.3, 0.4) is 0 Å². The number of ketones is 1. The minimum atomic E-state index is 0.183. The molecule has 64 valence electrons. The lowest BCUT2D eigenvalue weighted by Crippen LogP contribution is -2.29. The Bertz CT molecular complexity index is 163. The molecule has 1 fully saturated rings. The number of likely N-dealkylation sites (tertiary alicyclic amines) is 1. The second-order valence-corrected chi connectivity index (χ2v) is 4.37. The van der Waals surface area contributed by atoms with Crippen LogP contribution in [0.25, 0.3) is 0 Å². The molecule has 0 bridgehead atoms. The topological polar surface area (TPSA) is 20.3 Å². The third-order valence-corrected chi connectivity index (χ3v) is 2.15. The molecular formula is C9H17NO. The highest BCUT2D eigenvalue weighted by atomic mass is 16.1. The van der Waals surface area contributed by atoms with Crippen LogP contribution in [-0.4, -0.2) is 30.8 Å². The van der Waals surface area contributed by atoms with Gasteiger partial charge in [0.1, 0.15) is 5.78 Å². The first-order chi connectivity index (χ1) is 4.99. The van der Waals surface area contributed by atoms with Crippen LogP contribution in [0, 0.1) is 5.41 Å². The van der Waals surface area contributed by atoms with Gasteiger partial charge < -0.3 is 4.90 Å². The normalized spacial score (nSPS) is 26.6. The van der Waals surface area contributed by atoms with E-state index in [9.17, 15) is 4.79 Å². The quantitative estimate of drug-likeness (QED) is 0.525. The first-order valence-corrected chi connectivity index (χ1v) is 4.20. The average molecular weight is 155 g/mol. The standard InChI is InChI=1S/C9H17NO/c1-9(2)6-8(11)4-5-10(3)7-9/h4-7H2,1-3H3. The van der Waals surface area contributed by atoms with Crippen molar-refractivity contribution in [2.45, 2.75) is 26.7 Å². The van der Waals surface area contributed by atoms with Crippen LogP contribution in [0.15, 0.2) is 0 Å². The molecule has 0 aromatic carbocycles. The number of carbonyl (C=O) groups is 1. The zero-order chi connectivity index (χ0) is 8.48. The Balaban J connectivity index is 2.63. The average Bonchev–Trinajstić information content (AvgIpc) is 1.89. The van der Waals surface area contributed by atoms with Crippen molar-refractivity contribution in [1.82, 2.24) is 4.90 Å². The summed E-state index contributed by atoms with van der Waals surface area (Å²) in [5.41, 5.74) is 0.183. The molecule has 1 saturated heterocycles. The molecule has 2 nitrogen and oxygen atoms in total. The van der Waals surface area contributed by atoms with E-state index in [-0.39, 0.29) is 5.41 Å². The van der Waals surface area contributed by atoms with Crippen molar-refractivity contribution in [3.05, 3.63) is 0 Å². The van der Waals surface area contributed by atoms with Crippen molar-refractivity contribution in [3.63, 3.8) is 0 Å². The van der Waals surface area contributed by atoms with Gasteiger partial charge in [-0.05, 0) is 12.5 Å². The van der Waals surface area contributed by atoms with Gasteiger partial charge in [-0.2, -0.15) is 0 Å². The summed E-state index contributed by atoms with van der Waals surface area (Å²) in [6.07, 6.45) is 1.48. The van der Waals surface area contributed by atoms with Crippen LogP contribution in [0.4, 0.5) is 0 Å². The van der Waals surface area contributed by atoms with Crippen LogP contribution >= 0.6 is 0 Å². The van der Waals surface area contributed by atoms with E-state index in [0.717, 1.165) is 25.9 Å². The van der Waals surface area contributed by atoms with Gasteiger partial charge in [-0.15, -0.1) is 0 Å². The van der Waals surface area contributed by atoms with Gasteiger partial charge in [0, 0.05) is 25.9 Å². The molecule has 0 radical (unpaired) electrons. The summed E-state index contributed by atoms with van der Waals surface area (Å²) < 4.78 is 0. The maximum absolute atomic E-state index is 11.2. The van der Waals surface area contributed by atoms with Crippen molar-refractivity contribution in [2.75, 3.05) is 20.1 Å². The Morgan fingerprint density at radius 2 is 2.09 bits per heavy atom. The number of hydrogen-bond acceptors (Lipinski definition) is 2. The highest BCUT2D eigenvalue weighted by Gasteiger charge is 2.26. The van der Waals surface area contributed by atoms with Gasteiger partial charge >= 0.3 is 0 Å². The molecule has 0 aliphatic carbocycles. The molecule has 0 saturated carbocycles. The molecule has 0 N–H and O–H groups in total. The molecule has 0 amide bonds. The monoisotopic (exact) mass is 155 g/mol. The molecule has 1 heterocycles. The van der Waals surface area contributed by atoms with E-state index in [4.69, 9.17) is 0 Å². The zero-order valence-corrected chi connectivity index (χ0v) is 7.68. The summed E-state index contributed by atoms with van der Waals surface area (Å²) >= 11 is 0. The molecule has 0 atom stereocenters.